The van der Waals surface area contributed by atoms with Crippen LogP contribution in [0, 0.1) is 0 Å². The first-order valence-electron chi connectivity index (χ1n) is 8.02. The van der Waals surface area contributed by atoms with Crippen molar-refractivity contribution < 1.29 is 14.3 Å². The highest BCUT2D eigenvalue weighted by atomic mass is 16.5. The number of nitrogens with one attached hydrogen (secondary N) is 1. The van der Waals surface area contributed by atoms with E-state index in [0.29, 0.717) is 34.6 Å². The number of hydrogen-bond donors (Lipinski definition) is 1. The Labute approximate surface area is 144 Å². The van der Waals surface area contributed by atoms with Crippen LogP contribution in [0.2, 0.25) is 0 Å². The molecule has 0 radical (unpaired) electrons. The predicted molar refractivity (Wildman–Crippen MR) is 93.8 cm³/mol. The normalized spacial score (nSPS) is 11.9. The van der Waals surface area contributed by atoms with Crippen LogP contribution in [0.25, 0.3) is 10.9 Å². The van der Waals surface area contributed by atoms with E-state index in [4.69, 9.17) is 9.47 Å². The Balaban J connectivity index is 1.86. The monoisotopic (exact) mass is 338 g/mol. The molecule has 0 bridgehead atoms. The number of esters is 1. The molecule has 1 N–H and O–H groups in total. The van der Waals surface area contributed by atoms with Crippen LogP contribution in [-0.4, -0.2) is 22.5 Å². The number of aromatic amines is 1. The highest BCUT2D eigenvalue weighted by Gasteiger charge is 2.19. The van der Waals surface area contributed by atoms with Crippen LogP contribution in [0.4, 0.5) is 0 Å². The van der Waals surface area contributed by atoms with Gasteiger partial charge in [0.25, 0.3) is 5.56 Å². The van der Waals surface area contributed by atoms with E-state index < -0.39 is 12.1 Å². The van der Waals surface area contributed by atoms with Gasteiger partial charge in [0, 0.05) is 0 Å². The van der Waals surface area contributed by atoms with Gasteiger partial charge in [0.2, 0.25) is 0 Å². The van der Waals surface area contributed by atoms with E-state index in [1.54, 1.807) is 55.5 Å². The van der Waals surface area contributed by atoms with Gasteiger partial charge in [-0.05, 0) is 38.1 Å². The molecule has 6 heteroatoms. The predicted octanol–water partition coefficient (Wildman–Crippen LogP) is 3.24. The quantitative estimate of drug-likeness (QED) is 0.722. The highest BCUT2D eigenvalue weighted by Crippen LogP contribution is 2.22. The van der Waals surface area contributed by atoms with Crippen molar-refractivity contribution in [3.63, 3.8) is 0 Å². The third-order valence-electron chi connectivity index (χ3n) is 3.71. The van der Waals surface area contributed by atoms with Gasteiger partial charge in [-0.1, -0.05) is 24.3 Å². The van der Waals surface area contributed by atoms with Gasteiger partial charge >= 0.3 is 5.97 Å². The molecule has 0 fully saturated rings. The molecule has 0 aliphatic heterocycles. The van der Waals surface area contributed by atoms with E-state index in [2.05, 4.69) is 9.97 Å². The number of carbonyl (C=O) groups is 1. The Bertz CT molecular complexity index is 965. The van der Waals surface area contributed by atoms with E-state index in [9.17, 15) is 9.59 Å². The van der Waals surface area contributed by atoms with Gasteiger partial charge in [-0.25, -0.2) is 9.78 Å². The van der Waals surface area contributed by atoms with Crippen LogP contribution >= 0.6 is 0 Å². The lowest BCUT2D eigenvalue weighted by atomic mass is 10.2. The van der Waals surface area contributed by atoms with Gasteiger partial charge in [-0.3, -0.25) is 4.79 Å². The summed E-state index contributed by atoms with van der Waals surface area (Å²) in [6, 6.07) is 13.9. The zero-order chi connectivity index (χ0) is 17.8. The molecule has 3 rings (SSSR count). The van der Waals surface area contributed by atoms with Crippen molar-refractivity contribution in [2.75, 3.05) is 6.61 Å². The molecular formula is C19H18N2O4. The van der Waals surface area contributed by atoms with Crippen LogP contribution in [0.5, 0.6) is 5.75 Å². The van der Waals surface area contributed by atoms with Gasteiger partial charge in [0.15, 0.2) is 11.9 Å². The van der Waals surface area contributed by atoms with E-state index in [1.165, 1.54) is 0 Å². The number of fused-ring (bicyclic) bond motifs is 1. The van der Waals surface area contributed by atoms with E-state index in [1.807, 2.05) is 6.92 Å². The van der Waals surface area contributed by atoms with Gasteiger partial charge in [-0.15, -0.1) is 0 Å². The highest BCUT2D eigenvalue weighted by molar-refractivity contribution is 5.92. The van der Waals surface area contributed by atoms with E-state index >= 15 is 0 Å². The first kappa shape index (κ1) is 16.7. The molecule has 1 aromatic heterocycles. The van der Waals surface area contributed by atoms with Crippen molar-refractivity contribution in [2.45, 2.75) is 20.0 Å². The maximum Gasteiger partial charge on any atom is 0.342 e. The smallest absolute Gasteiger partial charge is 0.342 e. The fourth-order valence-electron chi connectivity index (χ4n) is 2.49. The SMILES string of the molecule is CCOc1ccccc1C(=O)O[C@H](C)c1nc2ccccc2c(=O)[nH]1. The average molecular weight is 338 g/mol. The zero-order valence-corrected chi connectivity index (χ0v) is 14.0. The first-order chi connectivity index (χ1) is 12.1. The molecule has 0 saturated heterocycles. The number of aromatic nitrogens is 2. The molecule has 25 heavy (non-hydrogen) atoms. The number of rotatable bonds is 5. The molecule has 1 atom stereocenters. The minimum Gasteiger partial charge on any atom is -0.493 e. The van der Waals surface area contributed by atoms with Crippen molar-refractivity contribution in [3.8, 4) is 5.75 Å². The number of ether oxygens (including phenoxy) is 2. The van der Waals surface area contributed by atoms with Gasteiger partial charge in [0.05, 0.1) is 17.5 Å². The summed E-state index contributed by atoms with van der Waals surface area (Å²) in [6.07, 6.45) is -0.709. The second kappa shape index (κ2) is 7.17. The molecule has 0 aliphatic rings. The first-order valence-corrected chi connectivity index (χ1v) is 8.02. The molecule has 0 amide bonds. The van der Waals surface area contributed by atoms with Crippen molar-refractivity contribution in [2.24, 2.45) is 0 Å². The average Bonchev–Trinajstić information content (AvgIpc) is 2.62. The Kier molecular flexibility index (Phi) is 4.79. The molecule has 0 spiro atoms. The second-order valence-electron chi connectivity index (χ2n) is 5.45. The van der Waals surface area contributed by atoms with Crippen LogP contribution in [0.1, 0.15) is 36.1 Å². The molecule has 3 aromatic rings. The topological polar surface area (TPSA) is 81.3 Å². The third kappa shape index (κ3) is 3.52. The van der Waals surface area contributed by atoms with Gasteiger partial charge in [0.1, 0.15) is 11.3 Å². The lowest BCUT2D eigenvalue weighted by molar-refractivity contribution is 0.0316. The fourth-order valence-corrected chi connectivity index (χ4v) is 2.49. The zero-order valence-electron chi connectivity index (χ0n) is 14.0. The maximum atomic E-state index is 12.5. The van der Waals surface area contributed by atoms with Crippen LogP contribution in [0.15, 0.2) is 53.3 Å². The molecular weight excluding hydrogens is 320 g/mol. The minimum atomic E-state index is -0.709. The number of para-hydroxylation sites is 2. The van der Waals surface area contributed by atoms with Crippen molar-refractivity contribution in [1.29, 1.82) is 0 Å². The Morgan fingerprint density at radius 2 is 1.88 bits per heavy atom. The number of hydrogen-bond acceptors (Lipinski definition) is 5. The van der Waals surface area contributed by atoms with Gasteiger partial charge in [-0.2, -0.15) is 0 Å². The number of H-pyrrole nitrogens is 1. The summed E-state index contributed by atoms with van der Waals surface area (Å²) in [7, 11) is 0. The summed E-state index contributed by atoms with van der Waals surface area (Å²) >= 11 is 0. The van der Waals surface area contributed by atoms with Crippen molar-refractivity contribution in [3.05, 3.63) is 70.3 Å². The lowest BCUT2D eigenvalue weighted by Gasteiger charge is -2.15. The summed E-state index contributed by atoms with van der Waals surface area (Å²) in [5, 5.41) is 0.492. The van der Waals surface area contributed by atoms with Crippen LogP contribution in [0.3, 0.4) is 0 Å². The Hall–Kier alpha value is -3.15. The number of benzene rings is 2. The Morgan fingerprint density at radius 3 is 2.68 bits per heavy atom. The maximum absolute atomic E-state index is 12.5. The van der Waals surface area contributed by atoms with E-state index in [0.717, 1.165) is 0 Å². The van der Waals surface area contributed by atoms with E-state index in [-0.39, 0.29) is 5.56 Å². The lowest BCUT2D eigenvalue weighted by Crippen LogP contribution is -2.17. The third-order valence-corrected chi connectivity index (χ3v) is 3.71. The van der Waals surface area contributed by atoms with Crippen molar-refractivity contribution in [1.82, 2.24) is 9.97 Å². The molecule has 128 valence electrons. The largest absolute Gasteiger partial charge is 0.493 e. The molecule has 1 heterocycles. The van der Waals surface area contributed by atoms with Crippen LogP contribution in [-0.2, 0) is 4.74 Å². The molecule has 6 nitrogen and oxygen atoms in total. The summed E-state index contributed by atoms with van der Waals surface area (Å²) in [5.41, 5.74) is 0.622. The molecule has 2 aromatic carbocycles. The van der Waals surface area contributed by atoms with Crippen molar-refractivity contribution >= 4 is 16.9 Å². The molecule has 0 aliphatic carbocycles. The summed E-state index contributed by atoms with van der Waals surface area (Å²) in [4.78, 5) is 31.6. The molecule has 0 saturated carbocycles. The van der Waals surface area contributed by atoms with Crippen LogP contribution < -0.4 is 10.3 Å². The standard InChI is InChI=1S/C19H18N2O4/c1-3-24-16-11-7-5-9-14(16)19(23)25-12(2)17-20-15-10-6-4-8-13(15)18(22)21-17/h4-12H,3H2,1-2H3,(H,20,21,22)/t12-/m1/s1. The summed E-state index contributed by atoms with van der Waals surface area (Å²) in [6.45, 7) is 3.95. The fraction of sp³-hybridized carbons (Fsp3) is 0.211. The Morgan fingerprint density at radius 1 is 1.16 bits per heavy atom. The molecule has 0 unspecified atom stereocenters. The number of carbonyl (C=O) groups excluding carboxylic acids is 1. The summed E-state index contributed by atoms with van der Waals surface area (Å²) < 4.78 is 10.9. The summed E-state index contributed by atoms with van der Waals surface area (Å²) in [5.74, 6) is 0.223. The number of nitrogens with zero attached hydrogens (tertiary/aromatic N) is 1. The second-order valence-corrected chi connectivity index (χ2v) is 5.45. The minimum absolute atomic E-state index is 0.266. The van der Waals surface area contributed by atoms with Gasteiger partial charge < -0.3 is 14.5 Å².